The summed E-state index contributed by atoms with van der Waals surface area (Å²) in [5, 5.41) is 4.61. The van der Waals surface area contributed by atoms with E-state index in [-0.39, 0.29) is 11.7 Å². The summed E-state index contributed by atoms with van der Waals surface area (Å²) in [6, 6.07) is 6.01. The highest BCUT2D eigenvalue weighted by atomic mass is 32.1. The van der Waals surface area contributed by atoms with Gasteiger partial charge in [0, 0.05) is 16.6 Å². The molecule has 1 fully saturated rings. The fourth-order valence-corrected chi connectivity index (χ4v) is 4.49. The summed E-state index contributed by atoms with van der Waals surface area (Å²) in [5.41, 5.74) is -1.15. The van der Waals surface area contributed by atoms with Gasteiger partial charge < -0.3 is 5.32 Å². The molecule has 162 valence electrons. The predicted molar refractivity (Wildman–Crippen MR) is 107 cm³/mol. The number of hydrogen-bond donors (Lipinski definition) is 1. The van der Waals surface area contributed by atoms with Crippen LogP contribution >= 0.6 is 11.3 Å². The zero-order valence-corrected chi connectivity index (χ0v) is 16.9. The molecule has 0 radical (unpaired) electrons. The van der Waals surface area contributed by atoms with E-state index < -0.39 is 36.3 Å². The Labute approximate surface area is 175 Å². The standard InChI is InChI=1S/C21H22F4N2O2S/c22-13-18(28)27(16-9-4-6-14(12-16)21(23,24)25)19(17-10-5-11-30-17)20(29)26-15-7-2-1-3-8-15/h4-6,9-12,15,19H,1-3,7-8,13H2,(H,26,29). The van der Waals surface area contributed by atoms with Gasteiger partial charge in [-0.25, -0.2) is 4.39 Å². The van der Waals surface area contributed by atoms with Crippen LogP contribution in [0, 0.1) is 0 Å². The lowest BCUT2D eigenvalue weighted by Crippen LogP contribution is -2.47. The SMILES string of the molecule is O=C(NC1CCCCC1)C(c1cccs1)N(C(=O)CF)c1cccc(C(F)(F)F)c1. The number of nitrogens with zero attached hydrogens (tertiary/aromatic N) is 1. The molecule has 1 aliphatic carbocycles. The first-order valence-electron chi connectivity index (χ1n) is 9.70. The Hall–Kier alpha value is -2.42. The average Bonchev–Trinajstić information content (AvgIpc) is 3.25. The van der Waals surface area contributed by atoms with Gasteiger partial charge in [0.15, 0.2) is 6.67 Å². The second-order valence-electron chi connectivity index (χ2n) is 7.21. The quantitative estimate of drug-likeness (QED) is 0.621. The van der Waals surface area contributed by atoms with Crippen molar-refractivity contribution in [2.24, 2.45) is 0 Å². The number of nitrogens with one attached hydrogen (secondary N) is 1. The van der Waals surface area contributed by atoms with Gasteiger partial charge in [-0.3, -0.25) is 14.5 Å². The van der Waals surface area contributed by atoms with E-state index >= 15 is 0 Å². The van der Waals surface area contributed by atoms with Gasteiger partial charge in [-0.1, -0.05) is 31.4 Å². The molecular weight excluding hydrogens is 420 g/mol. The summed E-state index contributed by atoms with van der Waals surface area (Å²) in [5.74, 6) is -1.60. The number of carbonyl (C=O) groups excluding carboxylic acids is 2. The minimum absolute atomic E-state index is 0.0717. The first kappa shape index (κ1) is 22.3. The number of amides is 2. The second kappa shape index (κ2) is 9.59. The highest BCUT2D eigenvalue weighted by Gasteiger charge is 2.36. The van der Waals surface area contributed by atoms with Gasteiger partial charge in [-0.05, 0) is 42.5 Å². The molecule has 4 nitrogen and oxygen atoms in total. The fourth-order valence-electron chi connectivity index (χ4n) is 3.68. The maximum Gasteiger partial charge on any atom is 0.416 e. The zero-order chi connectivity index (χ0) is 21.7. The van der Waals surface area contributed by atoms with Crippen LogP contribution in [0.5, 0.6) is 0 Å². The molecule has 1 aromatic carbocycles. The van der Waals surface area contributed by atoms with Crippen LogP contribution in [0.25, 0.3) is 0 Å². The van der Waals surface area contributed by atoms with Crippen LogP contribution in [-0.4, -0.2) is 24.5 Å². The predicted octanol–water partition coefficient (Wildman–Crippen LogP) is 5.26. The van der Waals surface area contributed by atoms with Gasteiger partial charge >= 0.3 is 6.18 Å². The third-order valence-electron chi connectivity index (χ3n) is 5.11. The molecule has 0 spiro atoms. The van der Waals surface area contributed by atoms with E-state index in [2.05, 4.69) is 5.32 Å². The fraction of sp³-hybridized carbons (Fsp3) is 0.429. The smallest absolute Gasteiger partial charge is 0.351 e. The second-order valence-corrected chi connectivity index (χ2v) is 8.19. The van der Waals surface area contributed by atoms with Gasteiger partial charge in [-0.15, -0.1) is 11.3 Å². The van der Waals surface area contributed by atoms with Crippen molar-refractivity contribution in [3.05, 3.63) is 52.2 Å². The molecule has 1 heterocycles. The van der Waals surface area contributed by atoms with Crippen LogP contribution in [0.15, 0.2) is 41.8 Å². The molecule has 1 saturated carbocycles. The van der Waals surface area contributed by atoms with E-state index in [4.69, 9.17) is 0 Å². The summed E-state index contributed by atoms with van der Waals surface area (Å²) in [4.78, 5) is 27.0. The number of thiophene rings is 1. The molecule has 1 atom stereocenters. The van der Waals surface area contributed by atoms with Crippen molar-refractivity contribution >= 4 is 28.8 Å². The molecular formula is C21H22F4N2O2S. The molecule has 1 aliphatic rings. The number of rotatable bonds is 6. The lowest BCUT2D eigenvalue weighted by Gasteiger charge is -2.32. The summed E-state index contributed by atoms with van der Waals surface area (Å²) < 4.78 is 53.0. The van der Waals surface area contributed by atoms with Gasteiger partial charge in [0.2, 0.25) is 5.91 Å². The van der Waals surface area contributed by atoms with Crippen LogP contribution in [-0.2, 0) is 15.8 Å². The number of hydrogen-bond acceptors (Lipinski definition) is 3. The Bertz CT molecular complexity index is 864. The molecule has 1 N–H and O–H groups in total. The molecule has 0 saturated heterocycles. The Balaban J connectivity index is 2.00. The normalized spacial score (nSPS) is 16.1. The maximum absolute atomic E-state index is 13.4. The highest BCUT2D eigenvalue weighted by Crippen LogP contribution is 2.36. The van der Waals surface area contributed by atoms with Crippen molar-refractivity contribution in [1.29, 1.82) is 0 Å². The summed E-state index contributed by atoms with van der Waals surface area (Å²) >= 11 is 1.18. The van der Waals surface area contributed by atoms with Gasteiger partial charge in [0.05, 0.1) is 5.56 Å². The Morgan fingerprint density at radius 3 is 2.47 bits per heavy atom. The number of alkyl halides is 4. The van der Waals surface area contributed by atoms with Crippen LogP contribution in [0.2, 0.25) is 0 Å². The molecule has 2 aromatic rings. The van der Waals surface area contributed by atoms with Crippen molar-refractivity contribution in [2.45, 2.75) is 50.4 Å². The topological polar surface area (TPSA) is 49.4 Å². The van der Waals surface area contributed by atoms with Crippen molar-refractivity contribution in [2.75, 3.05) is 11.6 Å². The minimum atomic E-state index is -4.64. The minimum Gasteiger partial charge on any atom is -0.351 e. The van der Waals surface area contributed by atoms with E-state index in [1.807, 2.05) is 0 Å². The molecule has 30 heavy (non-hydrogen) atoms. The Morgan fingerprint density at radius 2 is 1.87 bits per heavy atom. The van der Waals surface area contributed by atoms with Crippen molar-refractivity contribution in [1.82, 2.24) is 5.32 Å². The van der Waals surface area contributed by atoms with E-state index in [1.54, 1.807) is 17.5 Å². The van der Waals surface area contributed by atoms with Crippen molar-refractivity contribution < 1.29 is 27.2 Å². The van der Waals surface area contributed by atoms with Gasteiger partial charge in [0.1, 0.15) is 6.04 Å². The van der Waals surface area contributed by atoms with Crippen LogP contribution in [0.4, 0.5) is 23.2 Å². The molecule has 0 aliphatic heterocycles. The molecule has 9 heteroatoms. The van der Waals surface area contributed by atoms with Gasteiger partial charge in [-0.2, -0.15) is 13.2 Å². The summed E-state index contributed by atoms with van der Waals surface area (Å²) in [7, 11) is 0. The van der Waals surface area contributed by atoms with E-state index in [0.717, 1.165) is 55.2 Å². The lowest BCUT2D eigenvalue weighted by molar-refractivity contribution is -0.137. The lowest BCUT2D eigenvalue weighted by atomic mass is 9.95. The van der Waals surface area contributed by atoms with Crippen molar-refractivity contribution in [3.63, 3.8) is 0 Å². The monoisotopic (exact) mass is 442 g/mol. The number of carbonyl (C=O) groups is 2. The largest absolute Gasteiger partial charge is 0.416 e. The molecule has 1 unspecified atom stereocenters. The van der Waals surface area contributed by atoms with Crippen molar-refractivity contribution in [3.8, 4) is 0 Å². The third kappa shape index (κ3) is 5.19. The van der Waals surface area contributed by atoms with E-state index in [0.29, 0.717) is 4.88 Å². The highest BCUT2D eigenvalue weighted by molar-refractivity contribution is 7.10. The van der Waals surface area contributed by atoms with E-state index in [1.165, 1.54) is 17.4 Å². The number of halogens is 4. The molecule has 1 aromatic heterocycles. The van der Waals surface area contributed by atoms with Crippen LogP contribution in [0.1, 0.15) is 48.6 Å². The first-order valence-corrected chi connectivity index (χ1v) is 10.6. The summed E-state index contributed by atoms with van der Waals surface area (Å²) in [6.45, 7) is -1.44. The average molecular weight is 442 g/mol. The molecule has 3 rings (SSSR count). The molecule has 0 bridgehead atoms. The first-order chi connectivity index (χ1) is 14.3. The third-order valence-corrected chi connectivity index (χ3v) is 6.03. The van der Waals surface area contributed by atoms with E-state index in [9.17, 15) is 27.2 Å². The van der Waals surface area contributed by atoms with Crippen LogP contribution < -0.4 is 10.2 Å². The molecule has 2 amide bonds. The Morgan fingerprint density at radius 1 is 1.13 bits per heavy atom. The maximum atomic E-state index is 13.4. The van der Waals surface area contributed by atoms with Crippen LogP contribution in [0.3, 0.4) is 0 Å². The van der Waals surface area contributed by atoms with Gasteiger partial charge in [0.25, 0.3) is 5.91 Å². The number of benzene rings is 1. The Kier molecular flexibility index (Phi) is 7.12. The number of anilines is 1. The zero-order valence-electron chi connectivity index (χ0n) is 16.1. The summed E-state index contributed by atoms with van der Waals surface area (Å²) in [6.07, 6.45) is -0.0293.